The van der Waals surface area contributed by atoms with Crippen LogP contribution in [0.2, 0.25) is 0 Å². The minimum Gasteiger partial charge on any atom is -0.436 e. The largest absolute Gasteiger partial charge is 0.436 e. The molecule has 2 aromatic rings. The summed E-state index contributed by atoms with van der Waals surface area (Å²) in [5.41, 5.74) is 3.91. The molecule has 7 nitrogen and oxygen atoms in total. The molecule has 0 aromatic carbocycles. The predicted molar refractivity (Wildman–Crippen MR) is 66.2 cm³/mol. The van der Waals surface area contributed by atoms with Crippen molar-refractivity contribution >= 4 is 6.09 Å². The lowest BCUT2D eigenvalue weighted by Crippen LogP contribution is -2.17. The SMILES string of the molecule is CC[C@H](OC(N)=O)c1nc(-c2ccnc(C(F)(F)F)c2)no1. The molecule has 0 saturated carbocycles. The molecule has 118 valence electrons. The number of hydrogen-bond acceptors (Lipinski definition) is 6. The van der Waals surface area contributed by atoms with E-state index in [1.165, 1.54) is 6.07 Å². The molecule has 1 amide bonds. The van der Waals surface area contributed by atoms with Crippen LogP contribution in [0.15, 0.2) is 22.9 Å². The van der Waals surface area contributed by atoms with Gasteiger partial charge in [-0.1, -0.05) is 12.1 Å². The Bertz CT molecular complexity index is 672. The predicted octanol–water partition coefficient (Wildman–Crippen LogP) is 2.70. The molecule has 22 heavy (non-hydrogen) atoms. The standard InChI is InChI=1S/C12H11F3N4O3/c1-2-7(21-11(16)20)10-18-9(19-22-10)6-3-4-17-8(5-6)12(13,14)15/h3-5,7H,2H2,1H3,(H2,16,20)/t7-/m0/s1. The van der Waals surface area contributed by atoms with Gasteiger partial charge in [-0.05, 0) is 18.6 Å². The fourth-order valence-electron chi connectivity index (χ4n) is 1.66. The maximum absolute atomic E-state index is 12.6. The van der Waals surface area contributed by atoms with Crippen LogP contribution >= 0.6 is 0 Å². The average molecular weight is 316 g/mol. The highest BCUT2D eigenvalue weighted by molar-refractivity contribution is 5.64. The molecule has 2 N–H and O–H groups in total. The number of primary amides is 1. The number of rotatable bonds is 4. The Balaban J connectivity index is 2.30. The van der Waals surface area contributed by atoms with Gasteiger partial charge in [-0.25, -0.2) is 4.79 Å². The molecule has 0 bridgehead atoms. The second-order valence-electron chi connectivity index (χ2n) is 4.22. The number of aromatic nitrogens is 3. The van der Waals surface area contributed by atoms with Crippen LogP contribution in [0.3, 0.4) is 0 Å². The van der Waals surface area contributed by atoms with Gasteiger partial charge in [0.1, 0.15) is 5.69 Å². The van der Waals surface area contributed by atoms with E-state index in [0.717, 1.165) is 12.3 Å². The van der Waals surface area contributed by atoms with Crippen LogP contribution in [-0.4, -0.2) is 21.2 Å². The van der Waals surface area contributed by atoms with Gasteiger partial charge in [-0.2, -0.15) is 18.2 Å². The summed E-state index contributed by atoms with van der Waals surface area (Å²) >= 11 is 0. The normalized spacial score (nSPS) is 12.9. The topological polar surface area (TPSA) is 104 Å². The van der Waals surface area contributed by atoms with E-state index in [2.05, 4.69) is 15.1 Å². The first-order valence-corrected chi connectivity index (χ1v) is 6.14. The molecular formula is C12H11F3N4O3. The molecule has 0 aliphatic heterocycles. The first-order chi connectivity index (χ1) is 10.3. The lowest BCUT2D eigenvalue weighted by atomic mass is 10.2. The second-order valence-corrected chi connectivity index (χ2v) is 4.22. The van der Waals surface area contributed by atoms with Crippen molar-refractivity contribution in [2.75, 3.05) is 0 Å². The molecule has 0 unspecified atom stereocenters. The third kappa shape index (κ3) is 3.51. The van der Waals surface area contributed by atoms with Crippen LogP contribution in [0.25, 0.3) is 11.4 Å². The maximum atomic E-state index is 12.6. The Morgan fingerprint density at radius 1 is 1.50 bits per heavy atom. The molecule has 2 aromatic heterocycles. The third-order valence-corrected chi connectivity index (χ3v) is 2.65. The van der Waals surface area contributed by atoms with E-state index < -0.39 is 24.1 Å². The van der Waals surface area contributed by atoms with Gasteiger partial charge in [0.15, 0.2) is 6.10 Å². The van der Waals surface area contributed by atoms with Crippen molar-refractivity contribution in [2.24, 2.45) is 5.73 Å². The smallest absolute Gasteiger partial charge is 0.433 e. The van der Waals surface area contributed by atoms with Crippen molar-refractivity contribution in [1.82, 2.24) is 15.1 Å². The molecule has 0 aliphatic rings. The van der Waals surface area contributed by atoms with Gasteiger partial charge in [-0.15, -0.1) is 0 Å². The molecule has 0 spiro atoms. The molecule has 2 heterocycles. The summed E-state index contributed by atoms with van der Waals surface area (Å²) in [6.45, 7) is 1.69. The number of hydrogen-bond donors (Lipinski definition) is 1. The summed E-state index contributed by atoms with van der Waals surface area (Å²) < 4.78 is 47.5. The summed E-state index contributed by atoms with van der Waals surface area (Å²) in [6.07, 6.45) is -5.15. The summed E-state index contributed by atoms with van der Waals surface area (Å²) in [5, 5.41) is 3.57. The van der Waals surface area contributed by atoms with Gasteiger partial charge < -0.3 is 15.0 Å². The average Bonchev–Trinajstić information content (AvgIpc) is 2.93. The van der Waals surface area contributed by atoms with E-state index in [4.69, 9.17) is 15.0 Å². The molecule has 0 fully saturated rings. The zero-order valence-electron chi connectivity index (χ0n) is 11.3. The number of carbonyl (C=O) groups excluding carboxylic acids is 1. The minimum atomic E-state index is -4.58. The Morgan fingerprint density at radius 3 is 2.82 bits per heavy atom. The molecular weight excluding hydrogens is 305 g/mol. The van der Waals surface area contributed by atoms with E-state index in [9.17, 15) is 18.0 Å². The Labute approximate surface area is 122 Å². The number of carbonyl (C=O) groups is 1. The van der Waals surface area contributed by atoms with Crippen molar-refractivity contribution in [1.29, 1.82) is 0 Å². The highest BCUT2D eigenvalue weighted by atomic mass is 19.4. The number of ether oxygens (including phenoxy) is 1. The van der Waals surface area contributed by atoms with Crippen LogP contribution in [0.1, 0.15) is 31.0 Å². The molecule has 1 atom stereocenters. The lowest BCUT2D eigenvalue weighted by Gasteiger charge is -2.08. The maximum Gasteiger partial charge on any atom is 0.433 e. The fourth-order valence-corrected chi connectivity index (χ4v) is 1.66. The van der Waals surface area contributed by atoms with E-state index >= 15 is 0 Å². The number of nitrogens with two attached hydrogens (primary N) is 1. The fraction of sp³-hybridized carbons (Fsp3) is 0.333. The number of alkyl halides is 3. The molecule has 0 radical (unpaired) electrons. The Hall–Kier alpha value is -2.65. The van der Waals surface area contributed by atoms with Crippen LogP contribution in [0.5, 0.6) is 0 Å². The zero-order chi connectivity index (χ0) is 16.3. The minimum absolute atomic E-state index is 0.0540. The first-order valence-electron chi connectivity index (χ1n) is 6.14. The molecule has 0 saturated heterocycles. The number of halogens is 3. The van der Waals surface area contributed by atoms with Crippen molar-refractivity contribution in [3.05, 3.63) is 29.9 Å². The zero-order valence-corrected chi connectivity index (χ0v) is 11.3. The highest BCUT2D eigenvalue weighted by Gasteiger charge is 2.33. The highest BCUT2D eigenvalue weighted by Crippen LogP contribution is 2.30. The van der Waals surface area contributed by atoms with Gasteiger partial charge >= 0.3 is 12.3 Å². The van der Waals surface area contributed by atoms with Gasteiger partial charge in [0, 0.05) is 11.8 Å². The van der Waals surface area contributed by atoms with Crippen molar-refractivity contribution < 1.29 is 27.2 Å². The van der Waals surface area contributed by atoms with Gasteiger partial charge in [0.25, 0.3) is 5.89 Å². The Morgan fingerprint density at radius 2 is 2.23 bits per heavy atom. The van der Waals surface area contributed by atoms with E-state index in [-0.39, 0.29) is 17.3 Å². The number of amides is 1. The van der Waals surface area contributed by atoms with E-state index in [0.29, 0.717) is 6.42 Å². The summed E-state index contributed by atoms with van der Waals surface area (Å²) in [5.74, 6) is -0.129. The van der Waals surface area contributed by atoms with Gasteiger partial charge in [-0.3, -0.25) is 4.98 Å². The van der Waals surface area contributed by atoms with Crippen molar-refractivity contribution in [2.45, 2.75) is 25.6 Å². The van der Waals surface area contributed by atoms with Crippen LogP contribution in [-0.2, 0) is 10.9 Å². The van der Waals surface area contributed by atoms with Gasteiger partial charge in [0.2, 0.25) is 5.82 Å². The summed E-state index contributed by atoms with van der Waals surface area (Å²) in [6, 6.07) is 2.10. The summed E-state index contributed by atoms with van der Waals surface area (Å²) in [4.78, 5) is 17.9. The van der Waals surface area contributed by atoms with Crippen molar-refractivity contribution in [3.8, 4) is 11.4 Å². The summed E-state index contributed by atoms with van der Waals surface area (Å²) in [7, 11) is 0. The third-order valence-electron chi connectivity index (χ3n) is 2.65. The molecule has 10 heteroatoms. The van der Waals surface area contributed by atoms with E-state index in [1.807, 2.05) is 0 Å². The number of pyridine rings is 1. The molecule has 0 aliphatic carbocycles. The molecule has 2 rings (SSSR count). The quantitative estimate of drug-likeness (QED) is 0.930. The first kappa shape index (κ1) is 15.7. The monoisotopic (exact) mass is 316 g/mol. The number of nitrogens with zero attached hydrogens (tertiary/aromatic N) is 3. The lowest BCUT2D eigenvalue weighted by molar-refractivity contribution is -0.141. The van der Waals surface area contributed by atoms with Crippen LogP contribution in [0.4, 0.5) is 18.0 Å². The van der Waals surface area contributed by atoms with Crippen LogP contribution < -0.4 is 5.73 Å². The van der Waals surface area contributed by atoms with Crippen molar-refractivity contribution in [3.63, 3.8) is 0 Å². The second kappa shape index (κ2) is 6.00. The van der Waals surface area contributed by atoms with Gasteiger partial charge in [0.05, 0.1) is 0 Å². The Kier molecular flexibility index (Phi) is 4.29. The van der Waals surface area contributed by atoms with E-state index in [1.54, 1.807) is 6.92 Å². The van der Waals surface area contributed by atoms with Crippen LogP contribution in [0, 0.1) is 0 Å².